The second-order valence-electron chi connectivity index (χ2n) is 9.21. The topological polar surface area (TPSA) is 15.3 Å². The lowest BCUT2D eigenvalue weighted by molar-refractivity contribution is 0.297. The van der Waals surface area contributed by atoms with Gasteiger partial charge in [-0.15, -0.1) is 0 Å². The molecule has 2 aromatic carbocycles. The van der Waals surface area contributed by atoms with Gasteiger partial charge < -0.3 is 10.2 Å². The van der Waals surface area contributed by atoms with Crippen LogP contribution >= 0.6 is 0 Å². The Hall–Kier alpha value is -3.78. The van der Waals surface area contributed by atoms with Gasteiger partial charge in [-0.25, -0.2) is 0 Å². The standard InChI is InChI=1S/C31H30N2/c1-5-6-8-13-28-27-20-24(16-17-29(27)33(28)26-11-9-7-10-12-26)25-18-19-31(4)22(2)14-15-23(3)32-30(31)21-25/h5-18,20-22,32H,1,3,19H2,2,4H3/b8-6-,28-13-. The summed E-state index contributed by atoms with van der Waals surface area (Å²) >= 11 is 0. The molecule has 0 aromatic heterocycles. The Labute approximate surface area is 197 Å². The maximum atomic E-state index is 4.16. The second kappa shape index (κ2) is 8.29. The monoisotopic (exact) mass is 430 g/mol. The molecule has 0 saturated heterocycles. The maximum absolute atomic E-state index is 4.16. The molecule has 5 rings (SSSR count). The Morgan fingerprint density at radius 2 is 1.94 bits per heavy atom. The molecule has 1 aliphatic carbocycles. The van der Waals surface area contributed by atoms with E-state index in [-0.39, 0.29) is 5.41 Å². The number of nitrogens with one attached hydrogen (secondary N) is 1. The van der Waals surface area contributed by atoms with Crippen LogP contribution in [0.15, 0.2) is 122 Å². The third-order valence-corrected chi connectivity index (χ3v) is 7.15. The third-order valence-electron chi connectivity index (χ3n) is 7.15. The third kappa shape index (κ3) is 3.62. The van der Waals surface area contributed by atoms with Crippen LogP contribution in [-0.2, 0) is 0 Å². The molecular formula is C31H30N2. The van der Waals surface area contributed by atoms with Gasteiger partial charge in [0.15, 0.2) is 0 Å². The maximum Gasteiger partial charge on any atom is 0.0555 e. The predicted molar refractivity (Wildman–Crippen MR) is 142 cm³/mol. The van der Waals surface area contributed by atoms with Crippen molar-refractivity contribution in [2.24, 2.45) is 11.3 Å². The summed E-state index contributed by atoms with van der Waals surface area (Å²) in [5.74, 6) is 0.440. The van der Waals surface area contributed by atoms with Gasteiger partial charge in [-0.05, 0) is 66.0 Å². The molecule has 2 heteroatoms. The highest BCUT2D eigenvalue weighted by atomic mass is 15.2. The Balaban J connectivity index is 1.53. The molecule has 2 aromatic rings. The highest BCUT2D eigenvalue weighted by Gasteiger charge is 2.37. The van der Waals surface area contributed by atoms with Crippen molar-refractivity contribution in [1.82, 2.24) is 5.32 Å². The molecule has 0 fully saturated rings. The first-order valence-electron chi connectivity index (χ1n) is 11.6. The van der Waals surface area contributed by atoms with E-state index in [4.69, 9.17) is 0 Å². The van der Waals surface area contributed by atoms with Crippen LogP contribution in [0.25, 0.3) is 11.3 Å². The summed E-state index contributed by atoms with van der Waals surface area (Å²) in [4.78, 5) is 2.31. The van der Waals surface area contributed by atoms with E-state index in [1.54, 1.807) is 6.08 Å². The lowest BCUT2D eigenvalue weighted by Gasteiger charge is -2.40. The van der Waals surface area contributed by atoms with E-state index in [0.29, 0.717) is 5.92 Å². The van der Waals surface area contributed by atoms with E-state index < -0.39 is 0 Å². The Kier molecular flexibility index (Phi) is 5.30. The zero-order valence-electron chi connectivity index (χ0n) is 19.4. The van der Waals surface area contributed by atoms with E-state index >= 15 is 0 Å². The lowest BCUT2D eigenvalue weighted by Crippen LogP contribution is -2.33. The fraction of sp³-hybridized carbons (Fsp3) is 0.161. The minimum absolute atomic E-state index is 0.0595. The first kappa shape index (κ1) is 21.1. The van der Waals surface area contributed by atoms with Crippen molar-refractivity contribution < 1.29 is 0 Å². The second-order valence-corrected chi connectivity index (χ2v) is 9.21. The van der Waals surface area contributed by atoms with Crippen LogP contribution in [0.1, 0.15) is 31.4 Å². The van der Waals surface area contributed by atoms with Crippen molar-refractivity contribution >= 4 is 22.6 Å². The van der Waals surface area contributed by atoms with Gasteiger partial charge in [-0.2, -0.15) is 0 Å². The summed E-state index contributed by atoms with van der Waals surface area (Å²) in [5.41, 5.74) is 9.64. The number of para-hydroxylation sites is 1. The minimum Gasteiger partial charge on any atom is -0.359 e. The molecule has 0 saturated carbocycles. The Morgan fingerprint density at radius 1 is 1.12 bits per heavy atom. The van der Waals surface area contributed by atoms with Gasteiger partial charge in [-0.3, -0.25) is 0 Å². The van der Waals surface area contributed by atoms with Gasteiger partial charge in [0.25, 0.3) is 0 Å². The van der Waals surface area contributed by atoms with E-state index in [1.165, 1.54) is 39.5 Å². The smallest absolute Gasteiger partial charge is 0.0555 e. The average molecular weight is 431 g/mol. The van der Waals surface area contributed by atoms with Crippen molar-refractivity contribution in [2.45, 2.75) is 20.3 Å². The molecular weight excluding hydrogens is 400 g/mol. The van der Waals surface area contributed by atoms with Gasteiger partial charge in [0.1, 0.15) is 0 Å². The van der Waals surface area contributed by atoms with Gasteiger partial charge in [0.2, 0.25) is 0 Å². The zero-order valence-corrected chi connectivity index (χ0v) is 19.4. The molecule has 2 heterocycles. The zero-order chi connectivity index (χ0) is 23.0. The van der Waals surface area contributed by atoms with Gasteiger partial charge in [0, 0.05) is 28.1 Å². The van der Waals surface area contributed by atoms with E-state index in [9.17, 15) is 0 Å². The fourth-order valence-electron chi connectivity index (χ4n) is 4.87. The quantitative estimate of drug-likeness (QED) is 0.496. The number of fused-ring (bicyclic) bond motifs is 2. The van der Waals surface area contributed by atoms with E-state index in [2.05, 4.69) is 122 Å². The van der Waals surface area contributed by atoms with Crippen LogP contribution in [0.2, 0.25) is 0 Å². The molecule has 0 bridgehead atoms. The van der Waals surface area contributed by atoms with Crippen molar-refractivity contribution in [3.8, 4) is 0 Å². The van der Waals surface area contributed by atoms with Gasteiger partial charge in [-0.1, -0.05) is 81.7 Å². The highest BCUT2D eigenvalue weighted by molar-refractivity contribution is 6.04. The lowest BCUT2D eigenvalue weighted by atomic mass is 9.69. The van der Waals surface area contributed by atoms with Crippen LogP contribution < -0.4 is 10.2 Å². The predicted octanol–water partition coefficient (Wildman–Crippen LogP) is 7.91. The van der Waals surface area contributed by atoms with Crippen molar-refractivity contribution in [2.75, 3.05) is 4.90 Å². The normalized spacial score (nSPS) is 24.9. The van der Waals surface area contributed by atoms with Crippen molar-refractivity contribution in [1.29, 1.82) is 0 Å². The fourth-order valence-corrected chi connectivity index (χ4v) is 4.87. The number of benzene rings is 2. The summed E-state index contributed by atoms with van der Waals surface area (Å²) in [6.07, 6.45) is 18.1. The number of rotatable bonds is 4. The van der Waals surface area contributed by atoms with Gasteiger partial charge in [0.05, 0.1) is 11.4 Å². The molecule has 3 aliphatic rings. The van der Waals surface area contributed by atoms with Crippen LogP contribution in [0.3, 0.4) is 0 Å². The number of allylic oxidation sites excluding steroid dienone is 10. The summed E-state index contributed by atoms with van der Waals surface area (Å²) in [5, 5.41) is 3.56. The largest absolute Gasteiger partial charge is 0.359 e. The van der Waals surface area contributed by atoms with Crippen LogP contribution in [0, 0.1) is 11.3 Å². The van der Waals surface area contributed by atoms with Crippen LogP contribution in [0.4, 0.5) is 11.4 Å². The van der Waals surface area contributed by atoms with E-state index in [0.717, 1.165) is 12.1 Å². The molecule has 164 valence electrons. The summed E-state index contributed by atoms with van der Waals surface area (Å²) in [6, 6.07) is 17.3. The molecule has 2 unspecified atom stereocenters. The molecule has 2 atom stereocenters. The molecule has 33 heavy (non-hydrogen) atoms. The van der Waals surface area contributed by atoms with Gasteiger partial charge >= 0.3 is 0 Å². The Bertz CT molecular complexity index is 1270. The molecule has 0 amide bonds. The number of anilines is 2. The number of hydrogen-bond acceptors (Lipinski definition) is 2. The number of nitrogens with zero attached hydrogens (tertiary/aromatic N) is 1. The summed E-state index contributed by atoms with van der Waals surface area (Å²) < 4.78 is 0. The molecule has 1 N–H and O–H groups in total. The Morgan fingerprint density at radius 3 is 2.73 bits per heavy atom. The van der Waals surface area contributed by atoms with E-state index in [1.807, 2.05) is 6.08 Å². The van der Waals surface area contributed by atoms with Crippen molar-refractivity contribution in [3.05, 3.63) is 133 Å². The molecule has 2 aliphatic heterocycles. The highest BCUT2D eigenvalue weighted by Crippen LogP contribution is 2.50. The molecule has 2 nitrogen and oxygen atoms in total. The SMILES string of the molecule is C=C/C=C\C=C1\c2cc(C3=CCC4(C)C(=C3)NC(=C)C=CC4C)ccc2N1c1ccccc1. The van der Waals surface area contributed by atoms with Crippen molar-refractivity contribution in [3.63, 3.8) is 0 Å². The number of hydrogen-bond donors (Lipinski definition) is 1. The first-order chi connectivity index (χ1) is 16.0. The molecule has 0 radical (unpaired) electrons. The molecule has 0 spiro atoms. The summed E-state index contributed by atoms with van der Waals surface area (Å²) in [7, 11) is 0. The minimum atomic E-state index is 0.0595. The van der Waals surface area contributed by atoms with Crippen LogP contribution in [0.5, 0.6) is 0 Å². The average Bonchev–Trinajstić information content (AvgIpc) is 2.93. The summed E-state index contributed by atoms with van der Waals surface area (Å²) in [6.45, 7) is 12.6. The first-order valence-corrected chi connectivity index (χ1v) is 11.6. The van der Waals surface area contributed by atoms with Crippen LogP contribution in [-0.4, -0.2) is 0 Å².